The van der Waals surface area contributed by atoms with E-state index < -0.39 is 44.7 Å². The smallest absolute Gasteiger partial charge is 0.387 e. The molecule has 0 bridgehead atoms. The molecule has 2 rings (SSSR count). The third-order valence-electron chi connectivity index (χ3n) is 3.11. The summed E-state index contributed by atoms with van der Waals surface area (Å²) in [4.78, 5) is 32.6. The van der Waals surface area contributed by atoms with Gasteiger partial charge >= 0.3 is 19.5 Å². The predicted octanol–water partition coefficient (Wildman–Crippen LogP) is -3.62. The Morgan fingerprint density at radius 1 is 1.50 bits per heavy atom. The van der Waals surface area contributed by atoms with Gasteiger partial charge in [-0.3, -0.25) is 4.52 Å². The van der Waals surface area contributed by atoms with E-state index in [4.69, 9.17) is 20.3 Å². The van der Waals surface area contributed by atoms with Gasteiger partial charge in [0.2, 0.25) is 6.23 Å². The zero-order valence-electron chi connectivity index (χ0n) is 11.4. The van der Waals surface area contributed by atoms with Crippen LogP contribution in [-0.2, 0) is 20.9 Å². The van der Waals surface area contributed by atoms with Crippen LogP contribution in [0.4, 0.5) is 5.95 Å². The number of phosphoric ester groups is 1. The van der Waals surface area contributed by atoms with Crippen molar-refractivity contribution in [3.63, 3.8) is 0 Å². The van der Waals surface area contributed by atoms with Gasteiger partial charge in [0.25, 0.3) is 0 Å². The van der Waals surface area contributed by atoms with E-state index in [1.165, 1.54) is 17.9 Å². The first-order valence-electron chi connectivity index (χ1n) is 6.06. The van der Waals surface area contributed by atoms with Crippen LogP contribution in [0.1, 0.15) is 6.23 Å². The molecule has 1 aliphatic rings. The lowest BCUT2D eigenvalue weighted by Crippen LogP contribution is -2.44. The molecule has 0 aliphatic carbocycles. The Hall–Kier alpha value is -1.40. The van der Waals surface area contributed by atoms with Crippen molar-refractivity contribution in [2.24, 2.45) is 7.05 Å². The second-order valence-electron chi connectivity index (χ2n) is 4.72. The lowest BCUT2D eigenvalue weighted by atomic mass is 10.1. The summed E-state index contributed by atoms with van der Waals surface area (Å²) >= 11 is 0. The number of aliphatic hydroxyl groups excluding tert-OH is 2. The van der Waals surface area contributed by atoms with Gasteiger partial charge in [0.15, 0.2) is 6.33 Å². The maximum absolute atomic E-state index is 11.8. The van der Waals surface area contributed by atoms with E-state index in [1.54, 1.807) is 0 Å². The topological polar surface area (TPSA) is 181 Å². The fraction of sp³-hybridized carbons (Fsp3) is 0.667. The molecule has 1 aromatic heterocycles. The largest absolute Gasteiger partial charge is 0.469 e. The maximum atomic E-state index is 11.8. The summed E-state index contributed by atoms with van der Waals surface area (Å²) in [5.41, 5.74) is 4.64. The SMILES string of the molecule is C[n+]1cn([C@@H]2O[C@H](COP(=O)(O)O)[C@@H](O)[C@H]2O)c(=O)nc1N. The number of aryl methyl sites for hydroxylation is 1. The van der Waals surface area contributed by atoms with Crippen LogP contribution in [-0.4, -0.2) is 54.5 Å². The van der Waals surface area contributed by atoms with Gasteiger partial charge in [0, 0.05) is 0 Å². The molecule has 13 heteroatoms. The highest BCUT2D eigenvalue weighted by atomic mass is 31.2. The molecule has 1 saturated heterocycles. The Bertz CT molecular complexity index is 660. The third kappa shape index (κ3) is 3.50. The number of hydrogen-bond donors (Lipinski definition) is 5. The molecule has 22 heavy (non-hydrogen) atoms. The highest BCUT2D eigenvalue weighted by Crippen LogP contribution is 2.38. The summed E-state index contributed by atoms with van der Waals surface area (Å²) in [6.45, 7) is -0.664. The summed E-state index contributed by atoms with van der Waals surface area (Å²) in [5, 5.41) is 19.8. The van der Waals surface area contributed by atoms with E-state index in [-0.39, 0.29) is 5.95 Å². The van der Waals surface area contributed by atoms with Crippen LogP contribution >= 0.6 is 7.82 Å². The Morgan fingerprint density at radius 2 is 2.14 bits per heavy atom. The van der Waals surface area contributed by atoms with Crippen LogP contribution in [0.25, 0.3) is 0 Å². The van der Waals surface area contributed by atoms with Crippen LogP contribution in [0.5, 0.6) is 0 Å². The molecule has 4 atom stereocenters. The molecular weight excluding hydrogens is 323 g/mol. The summed E-state index contributed by atoms with van der Waals surface area (Å²) < 4.78 is 22.3. The highest BCUT2D eigenvalue weighted by Gasteiger charge is 2.46. The molecule has 6 N–H and O–H groups in total. The van der Waals surface area contributed by atoms with Gasteiger partial charge in [-0.15, -0.1) is 0 Å². The number of hydrogen-bond acceptors (Lipinski definition) is 8. The normalized spacial score (nSPS) is 29.0. The molecule has 0 radical (unpaired) electrons. The summed E-state index contributed by atoms with van der Waals surface area (Å²) in [6.07, 6.45) is -4.34. The molecule has 1 aliphatic heterocycles. The number of anilines is 1. The number of rotatable bonds is 4. The minimum absolute atomic E-state index is 0.0596. The van der Waals surface area contributed by atoms with Crippen molar-refractivity contribution in [2.75, 3.05) is 12.3 Å². The monoisotopic (exact) mass is 339 g/mol. The molecular formula is C9H16N4O8P+. The number of aliphatic hydroxyl groups is 2. The Morgan fingerprint density at radius 3 is 2.73 bits per heavy atom. The molecule has 124 valence electrons. The van der Waals surface area contributed by atoms with E-state index in [1.807, 2.05) is 0 Å². The van der Waals surface area contributed by atoms with Gasteiger partial charge in [-0.2, -0.15) is 4.57 Å². The van der Waals surface area contributed by atoms with E-state index in [0.29, 0.717) is 0 Å². The van der Waals surface area contributed by atoms with Crippen molar-refractivity contribution in [1.82, 2.24) is 9.55 Å². The van der Waals surface area contributed by atoms with Gasteiger partial charge in [-0.1, -0.05) is 0 Å². The van der Waals surface area contributed by atoms with Crippen LogP contribution < -0.4 is 16.0 Å². The van der Waals surface area contributed by atoms with Gasteiger partial charge in [0.05, 0.1) is 13.7 Å². The van der Waals surface area contributed by atoms with Crippen LogP contribution in [0.2, 0.25) is 0 Å². The minimum atomic E-state index is -4.75. The molecule has 1 aromatic rings. The predicted molar refractivity (Wildman–Crippen MR) is 68.0 cm³/mol. The number of phosphoric acid groups is 1. The minimum Gasteiger partial charge on any atom is -0.387 e. The van der Waals surface area contributed by atoms with Crippen molar-refractivity contribution in [1.29, 1.82) is 0 Å². The Labute approximate surface area is 123 Å². The molecule has 0 aromatic carbocycles. The van der Waals surface area contributed by atoms with Crippen LogP contribution in [0.15, 0.2) is 11.1 Å². The second-order valence-corrected chi connectivity index (χ2v) is 5.96. The number of aromatic nitrogens is 3. The molecule has 0 spiro atoms. The number of nitrogens with two attached hydrogens (primary N) is 1. The molecule has 0 amide bonds. The van der Waals surface area contributed by atoms with E-state index in [2.05, 4.69) is 9.51 Å². The van der Waals surface area contributed by atoms with Gasteiger partial charge in [0.1, 0.15) is 18.3 Å². The van der Waals surface area contributed by atoms with Gasteiger partial charge in [-0.25, -0.2) is 13.9 Å². The first-order valence-corrected chi connectivity index (χ1v) is 7.59. The first kappa shape index (κ1) is 17.0. The van der Waals surface area contributed by atoms with Gasteiger partial charge in [-0.05, 0) is 4.98 Å². The van der Waals surface area contributed by atoms with Crippen LogP contribution in [0.3, 0.4) is 0 Å². The van der Waals surface area contributed by atoms with Crippen molar-refractivity contribution in [2.45, 2.75) is 24.5 Å². The third-order valence-corrected chi connectivity index (χ3v) is 3.59. The van der Waals surface area contributed by atoms with Gasteiger partial charge < -0.3 is 30.5 Å². The molecule has 12 nitrogen and oxygen atoms in total. The molecule has 0 unspecified atom stereocenters. The van der Waals surface area contributed by atoms with Crippen molar-refractivity contribution in [3.8, 4) is 0 Å². The second kappa shape index (κ2) is 6.01. The number of ether oxygens (including phenoxy) is 1. The maximum Gasteiger partial charge on any atom is 0.469 e. The van der Waals surface area contributed by atoms with E-state index >= 15 is 0 Å². The van der Waals surface area contributed by atoms with Crippen molar-refractivity contribution < 1.29 is 38.4 Å². The summed E-state index contributed by atoms with van der Waals surface area (Å²) in [7, 11) is -3.25. The first-order chi connectivity index (χ1) is 10.1. The van der Waals surface area contributed by atoms with Crippen LogP contribution in [0, 0.1) is 0 Å². The Balaban J connectivity index is 2.22. The average Bonchev–Trinajstić information content (AvgIpc) is 2.68. The fourth-order valence-electron chi connectivity index (χ4n) is 1.97. The zero-order valence-corrected chi connectivity index (χ0v) is 12.3. The lowest BCUT2D eigenvalue weighted by Gasteiger charge is -2.14. The molecule has 1 fully saturated rings. The zero-order chi connectivity index (χ0) is 16.7. The number of nitrogens with zero attached hydrogens (tertiary/aromatic N) is 3. The molecule has 2 heterocycles. The van der Waals surface area contributed by atoms with Crippen molar-refractivity contribution >= 4 is 13.8 Å². The lowest BCUT2D eigenvalue weighted by molar-refractivity contribution is -0.665. The quantitative estimate of drug-likeness (QED) is 0.271. The molecule has 0 saturated carbocycles. The average molecular weight is 339 g/mol. The fourth-order valence-corrected chi connectivity index (χ4v) is 2.31. The standard InChI is InChI=1S/C9H15N4O8P/c1-12-3-13(9(16)11-8(12)10)7-6(15)5(14)4(21-7)2-20-22(17,18)19/h3-7,14-15H,2H2,1H3,(H3-,10,11,16,17,18,19)/p+1/t4-,5-,6-,7-/m1/s1. The number of nitrogen functional groups attached to an aromatic ring is 1. The van der Waals surface area contributed by atoms with E-state index in [9.17, 15) is 19.6 Å². The van der Waals surface area contributed by atoms with Crippen molar-refractivity contribution in [3.05, 3.63) is 16.8 Å². The Kier molecular flexibility index (Phi) is 4.63. The summed E-state index contributed by atoms with van der Waals surface area (Å²) in [6, 6.07) is 0. The van der Waals surface area contributed by atoms with E-state index in [0.717, 1.165) is 4.57 Å². The summed E-state index contributed by atoms with van der Waals surface area (Å²) in [5.74, 6) is -0.0596. The highest BCUT2D eigenvalue weighted by molar-refractivity contribution is 7.46.